The number of hydrogen-bond acceptors (Lipinski definition) is 6. The van der Waals surface area contributed by atoms with Crippen LogP contribution < -0.4 is 10.9 Å². The molecular formula is C19H19ClN4O3S. The van der Waals surface area contributed by atoms with Crippen molar-refractivity contribution in [2.24, 2.45) is 0 Å². The molecule has 0 saturated carbocycles. The molecule has 1 aromatic carbocycles. The van der Waals surface area contributed by atoms with Crippen LogP contribution >= 0.6 is 23.4 Å². The molecule has 2 heterocycles. The Balaban J connectivity index is 1.88. The Bertz CT molecular complexity index is 1060. The molecule has 2 aromatic heterocycles. The first-order valence-electron chi connectivity index (χ1n) is 8.58. The van der Waals surface area contributed by atoms with Gasteiger partial charge in [-0.3, -0.25) is 14.2 Å². The maximum atomic E-state index is 12.9. The number of nitrogens with one attached hydrogen (secondary N) is 1. The molecule has 0 aliphatic heterocycles. The molecule has 0 fully saturated rings. The summed E-state index contributed by atoms with van der Waals surface area (Å²) in [7, 11) is 1.57. The van der Waals surface area contributed by atoms with Gasteiger partial charge in [0.15, 0.2) is 10.3 Å². The van der Waals surface area contributed by atoms with Crippen molar-refractivity contribution in [3.8, 4) is 0 Å². The third-order valence-electron chi connectivity index (χ3n) is 4.01. The first-order chi connectivity index (χ1) is 13.5. The van der Waals surface area contributed by atoms with Gasteiger partial charge >= 0.3 is 0 Å². The maximum absolute atomic E-state index is 12.9. The first-order valence-corrected chi connectivity index (χ1v) is 9.83. The second-order valence-corrected chi connectivity index (χ2v) is 7.62. The average Bonchev–Trinajstić information content (AvgIpc) is 2.69. The Morgan fingerprint density at radius 2 is 2.11 bits per heavy atom. The Hall–Kier alpha value is -2.42. The van der Waals surface area contributed by atoms with E-state index in [-0.39, 0.29) is 16.6 Å². The number of pyridine rings is 1. The predicted molar refractivity (Wildman–Crippen MR) is 111 cm³/mol. The van der Waals surface area contributed by atoms with E-state index in [1.807, 2.05) is 6.07 Å². The normalized spacial score (nSPS) is 12.1. The smallest absolute Gasteiger partial charge is 0.262 e. The lowest BCUT2D eigenvalue weighted by molar-refractivity contribution is -0.115. The highest BCUT2D eigenvalue weighted by Gasteiger charge is 2.20. The molecule has 1 N–H and O–H groups in total. The molecule has 0 spiro atoms. The van der Waals surface area contributed by atoms with E-state index in [0.717, 1.165) is 0 Å². The van der Waals surface area contributed by atoms with Gasteiger partial charge in [-0.15, -0.1) is 0 Å². The minimum Gasteiger partial charge on any atom is -0.383 e. The van der Waals surface area contributed by atoms with Gasteiger partial charge in [-0.1, -0.05) is 35.5 Å². The number of methoxy groups -OCH3 is 1. The molecule has 0 aliphatic rings. The summed E-state index contributed by atoms with van der Waals surface area (Å²) < 4.78 is 6.65. The fourth-order valence-corrected chi connectivity index (χ4v) is 3.64. The second kappa shape index (κ2) is 9.18. The van der Waals surface area contributed by atoms with E-state index in [4.69, 9.17) is 16.3 Å². The number of para-hydroxylation sites is 1. The van der Waals surface area contributed by atoms with Gasteiger partial charge in [0.05, 0.1) is 35.0 Å². The molecule has 1 atom stereocenters. The van der Waals surface area contributed by atoms with E-state index in [2.05, 4.69) is 15.3 Å². The fraction of sp³-hybridized carbons (Fsp3) is 0.263. The lowest BCUT2D eigenvalue weighted by Gasteiger charge is -2.16. The van der Waals surface area contributed by atoms with Crippen LogP contribution in [0, 0.1) is 0 Å². The molecule has 146 valence electrons. The summed E-state index contributed by atoms with van der Waals surface area (Å²) in [6, 6.07) is 10.5. The summed E-state index contributed by atoms with van der Waals surface area (Å²) >= 11 is 7.20. The van der Waals surface area contributed by atoms with Gasteiger partial charge in [0.25, 0.3) is 5.56 Å². The fourth-order valence-electron chi connectivity index (χ4n) is 2.54. The third kappa shape index (κ3) is 4.52. The molecule has 0 aliphatic carbocycles. The molecule has 1 amide bonds. The summed E-state index contributed by atoms with van der Waals surface area (Å²) in [6.07, 6.45) is 1.55. The van der Waals surface area contributed by atoms with Crippen LogP contribution in [0.2, 0.25) is 5.15 Å². The number of carbonyl (C=O) groups is 1. The third-order valence-corrected chi connectivity index (χ3v) is 5.41. The van der Waals surface area contributed by atoms with Crippen molar-refractivity contribution in [3.63, 3.8) is 0 Å². The quantitative estimate of drug-likeness (QED) is 0.360. The van der Waals surface area contributed by atoms with Crippen LogP contribution in [0.15, 0.2) is 52.5 Å². The van der Waals surface area contributed by atoms with Crippen LogP contribution in [0.1, 0.15) is 6.92 Å². The van der Waals surface area contributed by atoms with Crippen LogP contribution in [0.4, 0.5) is 5.69 Å². The van der Waals surface area contributed by atoms with Crippen molar-refractivity contribution in [1.82, 2.24) is 14.5 Å². The largest absolute Gasteiger partial charge is 0.383 e. The predicted octanol–water partition coefficient (Wildman–Crippen LogP) is 3.21. The van der Waals surface area contributed by atoms with Crippen molar-refractivity contribution in [1.29, 1.82) is 0 Å². The summed E-state index contributed by atoms with van der Waals surface area (Å²) in [5.74, 6) is -0.263. The summed E-state index contributed by atoms with van der Waals surface area (Å²) in [6.45, 7) is 2.45. The molecule has 0 unspecified atom stereocenters. The highest BCUT2D eigenvalue weighted by atomic mass is 35.5. The minimum absolute atomic E-state index is 0.159. The standard InChI is InChI=1S/C19H19ClN4O3S/c1-12(17(25)22-15-8-5-9-21-16(15)20)28-19-23-14-7-4-3-6-13(14)18(26)24(19)10-11-27-2/h3-9,12H,10-11H2,1-2H3,(H,22,25)/t12-/m1/s1. The summed E-state index contributed by atoms with van der Waals surface area (Å²) in [5.41, 5.74) is 0.865. The zero-order valence-electron chi connectivity index (χ0n) is 15.4. The molecule has 0 radical (unpaired) electrons. The number of fused-ring (bicyclic) bond motifs is 1. The van der Waals surface area contributed by atoms with Crippen molar-refractivity contribution in [2.75, 3.05) is 19.0 Å². The van der Waals surface area contributed by atoms with Gasteiger partial charge in [-0.25, -0.2) is 9.97 Å². The molecule has 3 rings (SSSR count). The van der Waals surface area contributed by atoms with Gasteiger partial charge in [-0.05, 0) is 31.2 Å². The van der Waals surface area contributed by atoms with Crippen molar-refractivity contribution in [3.05, 3.63) is 58.1 Å². The van der Waals surface area contributed by atoms with Gasteiger partial charge in [0, 0.05) is 13.3 Å². The Morgan fingerprint density at radius 1 is 1.32 bits per heavy atom. The first kappa shape index (κ1) is 20.3. The van der Waals surface area contributed by atoms with Crippen molar-refractivity contribution >= 4 is 45.9 Å². The zero-order chi connectivity index (χ0) is 20.1. The highest BCUT2D eigenvalue weighted by molar-refractivity contribution is 8.00. The number of anilines is 1. The van der Waals surface area contributed by atoms with Crippen molar-refractivity contribution in [2.45, 2.75) is 23.9 Å². The number of rotatable bonds is 7. The Labute approximate surface area is 171 Å². The van der Waals surface area contributed by atoms with Gasteiger partial charge in [0.1, 0.15) is 0 Å². The number of aromatic nitrogens is 3. The zero-order valence-corrected chi connectivity index (χ0v) is 17.0. The van der Waals surface area contributed by atoms with Crippen LogP contribution in [-0.2, 0) is 16.1 Å². The van der Waals surface area contributed by atoms with Crippen LogP contribution in [0.3, 0.4) is 0 Å². The molecule has 9 heteroatoms. The number of halogens is 1. The van der Waals surface area contributed by atoms with E-state index >= 15 is 0 Å². The number of benzene rings is 1. The SMILES string of the molecule is COCCn1c(S[C@H](C)C(=O)Nc2cccnc2Cl)nc2ccccc2c1=O. The molecular weight excluding hydrogens is 400 g/mol. The molecule has 3 aromatic rings. The summed E-state index contributed by atoms with van der Waals surface area (Å²) in [4.78, 5) is 34.0. The number of nitrogens with zero attached hydrogens (tertiary/aromatic N) is 3. The Kier molecular flexibility index (Phi) is 6.66. The van der Waals surface area contributed by atoms with Crippen LogP contribution in [-0.4, -0.2) is 39.4 Å². The number of hydrogen-bond donors (Lipinski definition) is 1. The lowest BCUT2D eigenvalue weighted by Crippen LogP contribution is -2.28. The number of carbonyl (C=O) groups excluding carboxylic acids is 1. The molecule has 28 heavy (non-hydrogen) atoms. The van der Waals surface area contributed by atoms with Crippen molar-refractivity contribution < 1.29 is 9.53 Å². The molecule has 0 bridgehead atoms. The van der Waals surface area contributed by atoms with E-state index in [9.17, 15) is 9.59 Å². The average molecular weight is 419 g/mol. The van der Waals surface area contributed by atoms with Crippen LogP contribution in [0.5, 0.6) is 0 Å². The number of thioether (sulfide) groups is 1. The maximum Gasteiger partial charge on any atom is 0.262 e. The minimum atomic E-state index is -0.516. The van der Waals surface area contributed by atoms with Gasteiger partial charge in [-0.2, -0.15) is 0 Å². The van der Waals surface area contributed by atoms with E-state index < -0.39 is 5.25 Å². The van der Waals surface area contributed by atoms with E-state index in [0.29, 0.717) is 34.9 Å². The van der Waals surface area contributed by atoms with Gasteiger partial charge < -0.3 is 10.1 Å². The highest BCUT2D eigenvalue weighted by Crippen LogP contribution is 2.25. The molecule has 0 saturated heterocycles. The topological polar surface area (TPSA) is 86.1 Å². The number of ether oxygens (including phenoxy) is 1. The monoisotopic (exact) mass is 418 g/mol. The van der Waals surface area contributed by atoms with E-state index in [1.54, 1.807) is 50.6 Å². The second-order valence-electron chi connectivity index (χ2n) is 5.95. The lowest BCUT2D eigenvalue weighted by atomic mass is 10.2. The van der Waals surface area contributed by atoms with Gasteiger partial charge in [0.2, 0.25) is 5.91 Å². The molecule has 7 nitrogen and oxygen atoms in total. The number of amides is 1. The van der Waals surface area contributed by atoms with E-state index in [1.165, 1.54) is 16.3 Å². The van der Waals surface area contributed by atoms with Crippen LogP contribution in [0.25, 0.3) is 10.9 Å². The summed E-state index contributed by atoms with van der Waals surface area (Å²) in [5, 5.41) is 3.44. The Morgan fingerprint density at radius 3 is 2.86 bits per heavy atom.